The van der Waals surface area contributed by atoms with E-state index < -0.39 is 17.0 Å². The Morgan fingerprint density at radius 3 is 2.33 bits per heavy atom. The van der Waals surface area contributed by atoms with Gasteiger partial charge in [-0.05, 0) is 31.0 Å². The SMILES string of the molecule is CCOCCC(CN)(CO)c1cc(F)cc(F)c1. The van der Waals surface area contributed by atoms with E-state index in [1.165, 1.54) is 12.1 Å². The quantitative estimate of drug-likeness (QED) is 0.731. The molecule has 1 aromatic carbocycles. The third kappa shape index (κ3) is 3.48. The van der Waals surface area contributed by atoms with Crippen LogP contribution in [0.3, 0.4) is 0 Å². The molecule has 0 aliphatic rings. The van der Waals surface area contributed by atoms with E-state index >= 15 is 0 Å². The van der Waals surface area contributed by atoms with Gasteiger partial charge in [0.2, 0.25) is 0 Å². The standard InChI is InChI=1S/C13H19F2NO2/c1-2-18-4-3-13(8-16,9-17)10-5-11(14)7-12(15)6-10/h5-7,17H,2-4,8-9,16H2,1H3. The topological polar surface area (TPSA) is 55.5 Å². The summed E-state index contributed by atoms with van der Waals surface area (Å²) in [5.41, 5.74) is 5.17. The van der Waals surface area contributed by atoms with Crippen LogP contribution in [0.25, 0.3) is 0 Å². The van der Waals surface area contributed by atoms with Crippen LogP contribution in [0.2, 0.25) is 0 Å². The van der Waals surface area contributed by atoms with Crippen molar-refractivity contribution in [2.75, 3.05) is 26.4 Å². The van der Waals surface area contributed by atoms with E-state index in [0.29, 0.717) is 25.2 Å². The first kappa shape index (κ1) is 15.0. The van der Waals surface area contributed by atoms with Gasteiger partial charge in [-0.25, -0.2) is 8.78 Å². The Bertz CT molecular complexity index is 361. The molecule has 0 saturated carbocycles. The van der Waals surface area contributed by atoms with E-state index in [4.69, 9.17) is 10.5 Å². The normalized spacial score (nSPS) is 14.5. The highest BCUT2D eigenvalue weighted by Crippen LogP contribution is 2.28. The minimum Gasteiger partial charge on any atom is -0.395 e. The van der Waals surface area contributed by atoms with Crippen LogP contribution < -0.4 is 5.73 Å². The number of ether oxygens (including phenoxy) is 1. The van der Waals surface area contributed by atoms with Crippen molar-refractivity contribution in [3.05, 3.63) is 35.4 Å². The lowest BCUT2D eigenvalue weighted by molar-refractivity contribution is 0.103. The van der Waals surface area contributed by atoms with Gasteiger partial charge in [0, 0.05) is 31.2 Å². The van der Waals surface area contributed by atoms with Crippen molar-refractivity contribution in [3.63, 3.8) is 0 Å². The van der Waals surface area contributed by atoms with E-state index in [1.807, 2.05) is 6.92 Å². The molecule has 0 aromatic heterocycles. The minimum atomic E-state index is -0.863. The van der Waals surface area contributed by atoms with Crippen molar-refractivity contribution in [1.29, 1.82) is 0 Å². The van der Waals surface area contributed by atoms with Crippen molar-refractivity contribution < 1.29 is 18.6 Å². The summed E-state index contributed by atoms with van der Waals surface area (Å²) in [6, 6.07) is 3.21. The summed E-state index contributed by atoms with van der Waals surface area (Å²) in [6.07, 6.45) is 0.413. The molecule has 1 atom stereocenters. The third-order valence-electron chi connectivity index (χ3n) is 3.10. The number of hydrogen-bond donors (Lipinski definition) is 2. The number of hydrogen-bond acceptors (Lipinski definition) is 3. The van der Waals surface area contributed by atoms with Gasteiger partial charge in [-0.1, -0.05) is 0 Å². The van der Waals surface area contributed by atoms with Crippen molar-refractivity contribution in [2.45, 2.75) is 18.8 Å². The fourth-order valence-electron chi connectivity index (χ4n) is 1.87. The summed E-state index contributed by atoms with van der Waals surface area (Å²) >= 11 is 0. The zero-order valence-electron chi connectivity index (χ0n) is 10.5. The molecule has 3 N–H and O–H groups in total. The van der Waals surface area contributed by atoms with Crippen LogP contribution >= 0.6 is 0 Å². The Kier molecular flexibility index (Phi) is 5.65. The predicted molar refractivity (Wildman–Crippen MR) is 65.3 cm³/mol. The second-order valence-electron chi connectivity index (χ2n) is 4.25. The lowest BCUT2D eigenvalue weighted by atomic mass is 9.78. The van der Waals surface area contributed by atoms with Crippen LogP contribution in [0.15, 0.2) is 18.2 Å². The number of halogens is 2. The first-order chi connectivity index (χ1) is 8.57. The van der Waals surface area contributed by atoms with Gasteiger partial charge < -0.3 is 15.6 Å². The number of rotatable bonds is 7. The average Bonchev–Trinajstić information content (AvgIpc) is 2.34. The van der Waals surface area contributed by atoms with Crippen LogP contribution in [0.5, 0.6) is 0 Å². The molecule has 0 saturated heterocycles. The fraction of sp³-hybridized carbons (Fsp3) is 0.538. The molecular weight excluding hydrogens is 240 g/mol. The lowest BCUT2D eigenvalue weighted by Gasteiger charge is -2.31. The second kappa shape index (κ2) is 6.78. The Hall–Kier alpha value is -1.04. The summed E-state index contributed by atoms with van der Waals surface area (Å²) in [5.74, 6) is -1.35. The van der Waals surface area contributed by atoms with Gasteiger partial charge in [-0.2, -0.15) is 0 Å². The van der Waals surface area contributed by atoms with Gasteiger partial charge in [0.15, 0.2) is 0 Å². The zero-order chi connectivity index (χ0) is 13.6. The maximum Gasteiger partial charge on any atom is 0.126 e. The van der Waals surface area contributed by atoms with E-state index in [1.54, 1.807) is 0 Å². The molecule has 0 heterocycles. The van der Waals surface area contributed by atoms with Gasteiger partial charge in [-0.3, -0.25) is 0 Å². The van der Waals surface area contributed by atoms with E-state index in [-0.39, 0.29) is 13.2 Å². The first-order valence-electron chi connectivity index (χ1n) is 5.93. The molecule has 5 heteroatoms. The Labute approximate surface area is 106 Å². The molecule has 1 aromatic rings. The maximum atomic E-state index is 13.2. The molecular formula is C13H19F2NO2. The van der Waals surface area contributed by atoms with Gasteiger partial charge in [0.1, 0.15) is 11.6 Å². The zero-order valence-corrected chi connectivity index (χ0v) is 10.5. The number of nitrogens with two attached hydrogens (primary N) is 1. The largest absolute Gasteiger partial charge is 0.395 e. The van der Waals surface area contributed by atoms with Gasteiger partial charge in [-0.15, -0.1) is 0 Å². The summed E-state index contributed by atoms with van der Waals surface area (Å²) < 4.78 is 31.7. The highest BCUT2D eigenvalue weighted by atomic mass is 19.1. The molecule has 0 aliphatic heterocycles. The molecule has 18 heavy (non-hydrogen) atoms. The lowest BCUT2D eigenvalue weighted by Crippen LogP contribution is -2.40. The highest BCUT2D eigenvalue weighted by molar-refractivity contribution is 5.28. The molecule has 102 valence electrons. The number of aliphatic hydroxyl groups is 1. The van der Waals surface area contributed by atoms with Gasteiger partial charge in [0.05, 0.1) is 6.61 Å². The number of aliphatic hydroxyl groups excluding tert-OH is 1. The van der Waals surface area contributed by atoms with Crippen LogP contribution in [0, 0.1) is 11.6 Å². The van der Waals surface area contributed by atoms with Crippen LogP contribution in [0.4, 0.5) is 8.78 Å². The molecule has 0 bridgehead atoms. The second-order valence-corrected chi connectivity index (χ2v) is 4.25. The minimum absolute atomic E-state index is 0.0967. The van der Waals surface area contributed by atoms with E-state index in [2.05, 4.69) is 0 Å². The summed E-state index contributed by atoms with van der Waals surface area (Å²) in [6.45, 7) is 2.60. The van der Waals surface area contributed by atoms with Gasteiger partial charge in [0.25, 0.3) is 0 Å². The molecule has 0 spiro atoms. The number of benzene rings is 1. The summed E-state index contributed by atoms with van der Waals surface area (Å²) in [7, 11) is 0. The Morgan fingerprint density at radius 2 is 1.89 bits per heavy atom. The van der Waals surface area contributed by atoms with Crippen LogP contribution in [-0.4, -0.2) is 31.5 Å². The van der Waals surface area contributed by atoms with Gasteiger partial charge >= 0.3 is 0 Å². The molecule has 0 amide bonds. The smallest absolute Gasteiger partial charge is 0.126 e. The monoisotopic (exact) mass is 259 g/mol. The summed E-state index contributed by atoms with van der Waals surface area (Å²) in [4.78, 5) is 0. The molecule has 1 rings (SSSR count). The third-order valence-corrected chi connectivity index (χ3v) is 3.10. The van der Waals surface area contributed by atoms with E-state index in [9.17, 15) is 13.9 Å². The van der Waals surface area contributed by atoms with Crippen molar-refractivity contribution in [3.8, 4) is 0 Å². The Morgan fingerprint density at radius 1 is 1.28 bits per heavy atom. The van der Waals surface area contributed by atoms with Crippen molar-refractivity contribution in [2.24, 2.45) is 5.73 Å². The molecule has 0 aliphatic carbocycles. The molecule has 0 fully saturated rings. The fourth-order valence-corrected chi connectivity index (χ4v) is 1.87. The first-order valence-corrected chi connectivity index (χ1v) is 5.93. The molecule has 3 nitrogen and oxygen atoms in total. The highest BCUT2D eigenvalue weighted by Gasteiger charge is 2.31. The Balaban J connectivity index is 3.01. The maximum absolute atomic E-state index is 13.2. The average molecular weight is 259 g/mol. The van der Waals surface area contributed by atoms with Crippen molar-refractivity contribution >= 4 is 0 Å². The van der Waals surface area contributed by atoms with Crippen LogP contribution in [-0.2, 0) is 10.2 Å². The predicted octanol–water partition coefficient (Wildman–Crippen LogP) is 1.58. The summed E-state index contributed by atoms with van der Waals surface area (Å²) in [5, 5.41) is 9.53. The molecule has 1 unspecified atom stereocenters. The van der Waals surface area contributed by atoms with Crippen LogP contribution in [0.1, 0.15) is 18.9 Å². The molecule has 0 radical (unpaired) electrons. The van der Waals surface area contributed by atoms with Crippen molar-refractivity contribution in [1.82, 2.24) is 0 Å². The van der Waals surface area contributed by atoms with E-state index in [0.717, 1.165) is 6.07 Å².